The van der Waals surface area contributed by atoms with Crippen molar-refractivity contribution in [2.45, 2.75) is 6.04 Å². The van der Waals surface area contributed by atoms with Crippen molar-refractivity contribution < 1.29 is 14.0 Å². The Labute approximate surface area is 89.4 Å². The van der Waals surface area contributed by atoms with Gasteiger partial charge in [0.15, 0.2) is 0 Å². The van der Waals surface area contributed by atoms with Crippen LogP contribution in [0.4, 0.5) is 9.18 Å². The van der Waals surface area contributed by atoms with Crippen molar-refractivity contribution in [1.29, 1.82) is 0 Å². The molecule has 4 nitrogen and oxygen atoms in total. The second-order valence-corrected chi connectivity index (χ2v) is 3.45. The minimum absolute atomic E-state index is 0.0610. The van der Waals surface area contributed by atoms with Gasteiger partial charge in [-0.2, -0.15) is 0 Å². The first kappa shape index (κ1) is 9.92. The van der Waals surface area contributed by atoms with E-state index in [0.29, 0.717) is 0 Å². The molecule has 15 heavy (non-hydrogen) atoms. The second-order valence-electron chi connectivity index (χ2n) is 3.04. The molecule has 6 heteroatoms. The lowest BCUT2D eigenvalue weighted by Gasteiger charge is -2.09. The maximum Gasteiger partial charge on any atom is 0.322 e. The number of urea groups is 1. The summed E-state index contributed by atoms with van der Waals surface area (Å²) >= 11 is 5.56. The fourth-order valence-electron chi connectivity index (χ4n) is 1.38. The van der Waals surface area contributed by atoms with E-state index in [-0.39, 0.29) is 10.6 Å². The summed E-state index contributed by atoms with van der Waals surface area (Å²) in [7, 11) is 0. The Morgan fingerprint density at radius 3 is 2.67 bits per heavy atom. The summed E-state index contributed by atoms with van der Waals surface area (Å²) in [6.07, 6.45) is 0. The third kappa shape index (κ3) is 1.66. The Morgan fingerprint density at radius 2 is 2.07 bits per heavy atom. The van der Waals surface area contributed by atoms with Crippen molar-refractivity contribution in [2.75, 3.05) is 0 Å². The smallest absolute Gasteiger partial charge is 0.322 e. The van der Waals surface area contributed by atoms with Gasteiger partial charge in [0, 0.05) is 5.56 Å². The van der Waals surface area contributed by atoms with Crippen LogP contribution in [0.5, 0.6) is 0 Å². The summed E-state index contributed by atoms with van der Waals surface area (Å²) in [5.41, 5.74) is 0.0610. The van der Waals surface area contributed by atoms with Gasteiger partial charge in [0.2, 0.25) is 0 Å². The molecular weight excluding hydrogens is 223 g/mol. The van der Waals surface area contributed by atoms with Gasteiger partial charge in [0.25, 0.3) is 5.91 Å². The van der Waals surface area contributed by atoms with Gasteiger partial charge in [-0.05, 0) is 6.07 Å². The van der Waals surface area contributed by atoms with Crippen LogP contribution in [0.2, 0.25) is 5.02 Å². The number of carbonyl (C=O) groups excluding carboxylic acids is 2. The molecule has 0 aliphatic carbocycles. The third-order valence-electron chi connectivity index (χ3n) is 2.07. The largest absolute Gasteiger partial charge is 0.322 e. The molecule has 78 valence electrons. The van der Waals surface area contributed by atoms with E-state index in [9.17, 15) is 14.0 Å². The molecule has 2 N–H and O–H groups in total. The average molecular weight is 229 g/mol. The number of rotatable bonds is 1. The van der Waals surface area contributed by atoms with Crippen molar-refractivity contribution in [1.82, 2.24) is 10.6 Å². The van der Waals surface area contributed by atoms with E-state index in [1.54, 1.807) is 0 Å². The number of carbonyl (C=O) groups is 2. The van der Waals surface area contributed by atoms with E-state index in [2.05, 4.69) is 5.32 Å². The van der Waals surface area contributed by atoms with E-state index in [1.165, 1.54) is 18.2 Å². The molecule has 1 aliphatic rings. The molecule has 0 radical (unpaired) electrons. The Balaban J connectivity index is 2.42. The van der Waals surface area contributed by atoms with Gasteiger partial charge in [0.05, 0.1) is 5.02 Å². The molecule has 1 aliphatic heterocycles. The summed E-state index contributed by atoms with van der Waals surface area (Å²) in [5.74, 6) is -1.28. The van der Waals surface area contributed by atoms with E-state index in [0.717, 1.165) is 0 Å². The summed E-state index contributed by atoms with van der Waals surface area (Å²) < 4.78 is 13.5. The Kier molecular flexibility index (Phi) is 2.32. The molecule has 1 saturated heterocycles. The molecule has 2 rings (SSSR count). The first-order chi connectivity index (χ1) is 7.09. The van der Waals surface area contributed by atoms with Crippen LogP contribution in [0.1, 0.15) is 11.6 Å². The Morgan fingerprint density at radius 1 is 1.33 bits per heavy atom. The molecule has 0 saturated carbocycles. The van der Waals surface area contributed by atoms with Crippen LogP contribution in [0.25, 0.3) is 0 Å². The van der Waals surface area contributed by atoms with Crippen molar-refractivity contribution >= 4 is 23.5 Å². The zero-order chi connectivity index (χ0) is 11.0. The monoisotopic (exact) mass is 228 g/mol. The van der Waals surface area contributed by atoms with Gasteiger partial charge >= 0.3 is 6.03 Å². The number of imide groups is 1. The van der Waals surface area contributed by atoms with Crippen LogP contribution in [0.3, 0.4) is 0 Å². The molecule has 1 aromatic rings. The molecule has 3 amide bonds. The topological polar surface area (TPSA) is 58.2 Å². The molecule has 0 aromatic heterocycles. The summed E-state index contributed by atoms with van der Waals surface area (Å²) in [6, 6.07) is 2.64. The highest BCUT2D eigenvalue weighted by molar-refractivity contribution is 6.30. The zero-order valence-corrected chi connectivity index (χ0v) is 8.14. The van der Waals surface area contributed by atoms with Crippen LogP contribution in [0, 0.1) is 5.82 Å². The number of amides is 3. The predicted molar refractivity (Wildman–Crippen MR) is 50.8 cm³/mol. The lowest BCUT2D eigenvalue weighted by Crippen LogP contribution is -2.22. The van der Waals surface area contributed by atoms with E-state index < -0.39 is 23.8 Å². The van der Waals surface area contributed by atoms with Gasteiger partial charge < -0.3 is 5.32 Å². The average Bonchev–Trinajstić information content (AvgIpc) is 2.50. The third-order valence-corrected chi connectivity index (χ3v) is 2.36. The summed E-state index contributed by atoms with van der Waals surface area (Å²) in [4.78, 5) is 22.1. The summed E-state index contributed by atoms with van der Waals surface area (Å²) in [5, 5.41) is 4.22. The SMILES string of the molecule is O=C1NC(=O)C(c2cccc(Cl)c2F)N1. The van der Waals surface area contributed by atoms with Crippen molar-refractivity contribution in [3.05, 3.63) is 34.6 Å². The van der Waals surface area contributed by atoms with Gasteiger partial charge in [-0.1, -0.05) is 23.7 Å². The van der Waals surface area contributed by atoms with E-state index in [1.807, 2.05) is 5.32 Å². The lowest BCUT2D eigenvalue weighted by atomic mass is 10.1. The Bertz CT molecular complexity index is 450. The highest BCUT2D eigenvalue weighted by atomic mass is 35.5. The standard InChI is InChI=1S/C9H6ClFN2O2/c10-5-3-1-2-4(6(5)11)7-8(14)13-9(15)12-7/h1-3,7H,(H2,12,13,14,15). The van der Waals surface area contributed by atoms with Crippen molar-refractivity contribution in [3.8, 4) is 0 Å². The second kappa shape index (κ2) is 3.51. The number of hydrogen-bond acceptors (Lipinski definition) is 2. The van der Waals surface area contributed by atoms with E-state index in [4.69, 9.17) is 11.6 Å². The van der Waals surface area contributed by atoms with Crippen LogP contribution in [-0.4, -0.2) is 11.9 Å². The molecule has 0 spiro atoms. The molecular formula is C9H6ClFN2O2. The number of hydrogen-bond donors (Lipinski definition) is 2. The maximum absolute atomic E-state index is 13.5. The first-order valence-corrected chi connectivity index (χ1v) is 4.52. The quantitative estimate of drug-likeness (QED) is 0.713. The fraction of sp³-hybridized carbons (Fsp3) is 0.111. The molecule has 1 unspecified atom stereocenters. The lowest BCUT2D eigenvalue weighted by molar-refractivity contribution is -0.120. The minimum Gasteiger partial charge on any atom is -0.322 e. The first-order valence-electron chi connectivity index (χ1n) is 4.15. The van der Waals surface area contributed by atoms with E-state index >= 15 is 0 Å². The molecule has 1 fully saturated rings. The Hall–Kier alpha value is -1.62. The van der Waals surface area contributed by atoms with Crippen molar-refractivity contribution in [2.24, 2.45) is 0 Å². The zero-order valence-electron chi connectivity index (χ0n) is 7.38. The van der Waals surface area contributed by atoms with Crippen molar-refractivity contribution in [3.63, 3.8) is 0 Å². The molecule has 1 atom stereocenters. The van der Waals surface area contributed by atoms with Gasteiger partial charge in [-0.3, -0.25) is 10.1 Å². The highest BCUT2D eigenvalue weighted by Crippen LogP contribution is 2.24. The number of nitrogens with one attached hydrogen (secondary N) is 2. The normalized spacial score (nSPS) is 20.0. The van der Waals surface area contributed by atoms with Gasteiger partial charge in [0.1, 0.15) is 11.9 Å². The van der Waals surface area contributed by atoms with Gasteiger partial charge in [-0.15, -0.1) is 0 Å². The van der Waals surface area contributed by atoms with Crippen LogP contribution < -0.4 is 10.6 Å². The van der Waals surface area contributed by atoms with Crippen LogP contribution >= 0.6 is 11.6 Å². The number of benzene rings is 1. The van der Waals surface area contributed by atoms with Crippen LogP contribution in [0.15, 0.2) is 18.2 Å². The maximum atomic E-state index is 13.5. The highest BCUT2D eigenvalue weighted by Gasteiger charge is 2.33. The fourth-order valence-corrected chi connectivity index (χ4v) is 1.56. The minimum atomic E-state index is -1.00. The summed E-state index contributed by atoms with van der Waals surface area (Å²) in [6.45, 7) is 0. The number of halogens is 2. The molecule has 1 heterocycles. The van der Waals surface area contributed by atoms with Gasteiger partial charge in [-0.25, -0.2) is 9.18 Å². The van der Waals surface area contributed by atoms with Crippen LogP contribution in [-0.2, 0) is 4.79 Å². The molecule has 0 bridgehead atoms. The molecule has 1 aromatic carbocycles. The predicted octanol–water partition coefficient (Wildman–Crippen LogP) is 1.36.